The van der Waals surface area contributed by atoms with Crippen LogP contribution in [-0.4, -0.2) is 50.5 Å². The fraction of sp³-hybridized carbons (Fsp3) is 0.857. The summed E-state index contributed by atoms with van der Waals surface area (Å²) in [6.45, 7) is 0. The summed E-state index contributed by atoms with van der Waals surface area (Å²) in [7, 11) is 2.26. The standard InChI is InChI=1S/C7H9F5N2O3/c1-15-4-13-6(16-2,17-3)5(8,9)14(4)7(10,11)12/h1-3H3. The Hall–Kier alpha value is -1.16. The topological polar surface area (TPSA) is 43.3 Å². The first-order chi connectivity index (χ1) is 7.66. The highest BCUT2D eigenvalue weighted by molar-refractivity contribution is 5.77. The van der Waals surface area contributed by atoms with Crippen molar-refractivity contribution in [2.75, 3.05) is 21.3 Å². The van der Waals surface area contributed by atoms with Crippen LogP contribution < -0.4 is 0 Å². The Morgan fingerprint density at radius 1 is 1.12 bits per heavy atom. The molecule has 100 valence electrons. The van der Waals surface area contributed by atoms with Gasteiger partial charge < -0.3 is 14.2 Å². The molecule has 0 atom stereocenters. The van der Waals surface area contributed by atoms with Crippen LogP contribution in [0, 0.1) is 0 Å². The largest absolute Gasteiger partial charge is 0.493 e. The first-order valence-electron chi connectivity index (χ1n) is 4.15. The summed E-state index contributed by atoms with van der Waals surface area (Å²) in [4.78, 5) is 1.72. The van der Waals surface area contributed by atoms with Crippen molar-refractivity contribution in [3.63, 3.8) is 0 Å². The van der Waals surface area contributed by atoms with Crippen molar-refractivity contribution in [1.29, 1.82) is 0 Å². The molecular formula is C7H9F5N2O3. The molecule has 1 heterocycles. The van der Waals surface area contributed by atoms with Crippen molar-refractivity contribution in [1.82, 2.24) is 4.90 Å². The highest BCUT2D eigenvalue weighted by atomic mass is 19.4. The van der Waals surface area contributed by atoms with Gasteiger partial charge in [0.1, 0.15) is 0 Å². The molecule has 1 aliphatic heterocycles. The van der Waals surface area contributed by atoms with E-state index in [2.05, 4.69) is 19.2 Å². The summed E-state index contributed by atoms with van der Waals surface area (Å²) in [5, 5.41) is 0. The predicted octanol–water partition coefficient (Wildman–Crippen LogP) is 1.36. The summed E-state index contributed by atoms with van der Waals surface area (Å²) >= 11 is 0. The number of nitrogens with zero attached hydrogens (tertiary/aromatic N) is 2. The second-order valence-corrected chi connectivity index (χ2v) is 2.93. The van der Waals surface area contributed by atoms with E-state index in [4.69, 9.17) is 0 Å². The maximum Gasteiger partial charge on any atom is 0.493 e. The van der Waals surface area contributed by atoms with Gasteiger partial charge in [0.15, 0.2) is 0 Å². The molecule has 0 aromatic heterocycles. The molecule has 0 spiro atoms. The summed E-state index contributed by atoms with van der Waals surface area (Å²) < 4.78 is 77.3. The molecule has 10 heteroatoms. The van der Waals surface area contributed by atoms with Gasteiger partial charge in [-0.15, -0.1) is 13.2 Å². The van der Waals surface area contributed by atoms with Crippen molar-refractivity contribution >= 4 is 6.02 Å². The Bertz CT molecular complexity index is 326. The lowest BCUT2D eigenvalue weighted by Gasteiger charge is -2.33. The maximum atomic E-state index is 13.6. The molecule has 1 rings (SSSR count). The number of alkyl halides is 5. The zero-order chi connectivity index (χ0) is 13.5. The van der Waals surface area contributed by atoms with Crippen LogP contribution in [0.2, 0.25) is 0 Å². The van der Waals surface area contributed by atoms with E-state index in [-0.39, 0.29) is 0 Å². The van der Waals surface area contributed by atoms with Crippen LogP contribution in [0.15, 0.2) is 4.99 Å². The number of amidine groups is 1. The average Bonchev–Trinajstić information content (AvgIpc) is 2.45. The Kier molecular flexibility index (Phi) is 3.23. The van der Waals surface area contributed by atoms with Gasteiger partial charge in [-0.25, -0.2) is 0 Å². The van der Waals surface area contributed by atoms with Gasteiger partial charge in [0.2, 0.25) is 0 Å². The first-order valence-corrected chi connectivity index (χ1v) is 4.15. The molecule has 0 fully saturated rings. The first kappa shape index (κ1) is 13.9. The highest BCUT2D eigenvalue weighted by Gasteiger charge is 2.73. The van der Waals surface area contributed by atoms with Gasteiger partial charge >= 0.3 is 24.3 Å². The minimum absolute atomic E-state index is 0.744. The monoisotopic (exact) mass is 264 g/mol. The molecule has 0 aliphatic carbocycles. The summed E-state index contributed by atoms with van der Waals surface area (Å²) in [5.74, 6) is -3.09. The van der Waals surface area contributed by atoms with Crippen LogP contribution in [0.4, 0.5) is 22.0 Å². The number of methoxy groups -OCH3 is 3. The number of halogens is 5. The van der Waals surface area contributed by atoms with Crippen LogP contribution in [-0.2, 0) is 14.2 Å². The minimum atomic E-state index is -5.39. The van der Waals surface area contributed by atoms with E-state index < -0.39 is 29.2 Å². The lowest BCUT2D eigenvalue weighted by Crippen LogP contribution is -2.60. The fourth-order valence-corrected chi connectivity index (χ4v) is 1.33. The maximum absolute atomic E-state index is 13.6. The number of ether oxygens (including phenoxy) is 3. The zero-order valence-electron chi connectivity index (χ0n) is 9.01. The number of hydrogen-bond acceptors (Lipinski definition) is 5. The third-order valence-corrected chi connectivity index (χ3v) is 2.08. The van der Waals surface area contributed by atoms with Crippen LogP contribution in [0.5, 0.6) is 0 Å². The van der Waals surface area contributed by atoms with Gasteiger partial charge in [-0.05, 0) is 0 Å². The summed E-state index contributed by atoms with van der Waals surface area (Å²) in [6, 6.07) is -5.92. The molecule has 0 radical (unpaired) electrons. The van der Waals surface area contributed by atoms with Gasteiger partial charge in [0.25, 0.3) is 0 Å². The van der Waals surface area contributed by atoms with E-state index in [0.29, 0.717) is 0 Å². The average molecular weight is 264 g/mol. The molecular weight excluding hydrogens is 255 g/mol. The molecule has 0 unspecified atom stereocenters. The van der Waals surface area contributed by atoms with Gasteiger partial charge in [-0.1, -0.05) is 0 Å². The quantitative estimate of drug-likeness (QED) is 0.429. The van der Waals surface area contributed by atoms with Gasteiger partial charge in [0, 0.05) is 14.2 Å². The molecule has 0 N–H and O–H groups in total. The van der Waals surface area contributed by atoms with E-state index in [1.165, 1.54) is 0 Å². The third-order valence-electron chi connectivity index (χ3n) is 2.08. The normalized spacial score (nSPS) is 22.6. The van der Waals surface area contributed by atoms with E-state index in [1.807, 2.05) is 0 Å². The second kappa shape index (κ2) is 3.95. The van der Waals surface area contributed by atoms with E-state index >= 15 is 0 Å². The fourth-order valence-electron chi connectivity index (χ4n) is 1.33. The van der Waals surface area contributed by atoms with Gasteiger partial charge in [-0.3, -0.25) is 0 Å². The van der Waals surface area contributed by atoms with E-state index in [0.717, 1.165) is 21.3 Å². The highest BCUT2D eigenvalue weighted by Crippen LogP contribution is 2.47. The predicted molar refractivity (Wildman–Crippen MR) is 44.0 cm³/mol. The van der Waals surface area contributed by atoms with Crippen LogP contribution in [0.25, 0.3) is 0 Å². The van der Waals surface area contributed by atoms with E-state index in [1.54, 1.807) is 0 Å². The molecule has 1 aliphatic rings. The summed E-state index contributed by atoms with van der Waals surface area (Å²) in [5.41, 5.74) is 0. The number of hydrogen-bond donors (Lipinski definition) is 0. The lowest BCUT2D eigenvalue weighted by molar-refractivity contribution is -0.388. The van der Waals surface area contributed by atoms with Crippen molar-refractivity contribution in [2.24, 2.45) is 4.99 Å². The van der Waals surface area contributed by atoms with Gasteiger partial charge in [-0.2, -0.15) is 18.7 Å². The number of rotatable bonds is 2. The molecule has 0 bridgehead atoms. The molecule has 0 amide bonds. The molecule has 0 aromatic rings. The van der Waals surface area contributed by atoms with Crippen molar-refractivity contribution in [3.8, 4) is 0 Å². The molecule has 0 saturated carbocycles. The number of aliphatic imine (C=N–C) groups is 1. The SMILES string of the molecule is COC1=NC(OC)(OC)C(F)(F)N1C(F)(F)F. The Labute approximate surface area is 92.7 Å². The van der Waals surface area contributed by atoms with Crippen molar-refractivity contribution < 1.29 is 36.2 Å². The smallest absolute Gasteiger partial charge is 0.468 e. The lowest BCUT2D eigenvalue weighted by atomic mass is 10.4. The van der Waals surface area contributed by atoms with E-state index in [9.17, 15) is 22.0 Å². The third kappa shape index (κ3) is 1.80. The van der Waals surface area contributed by atoms with Gasteiger partial charge in [0.05, 0.1) is 7.11 Å². The Balaban J connectivity index is 3.32. The molecule has 0 saturated heterocycles. The minimum Gasteiger partial charge on any atom is -0.468 e. The van der Waals surface area contributed by atoms with Crippen molar-refractivity contribution in [3.05, 3.63) is 0 Å². The van der Waals surface area contributed by atoms with Crippen LogP contribution in [0.3, 0.4) is 0 Å². The zero-order valence-corrected chi connectivity index (χ0v) is 9.01. The summed E-state index contributed by atoms with van der Waals surface area (Å²) in [6.07, 6.45) is -5.39. The van der Waals surface area contributed by atoms with Crippen LogP contribution >= 0.6 is 0 Å². The van der Waals surface area contributed by atoms with Crippen molar-refractivity contribution in [2.45, 2.75) is 18.3 Å². The molecule has 5 nitrogen and oxygen atoms in total. The Morgan fingerprint density at radius 2 is 1.59 bits per heavy atom. The second-order valence-electron chi connectivity index (χ2n) is 2.93. The molecule has 0 aromatic carbocycles. The van der Waals surface area contributed by atoms with Crippen LogP contribution in [0.1, 0.15) is 0 Å². The molecule has 17 heavy (non-hydrogen) atoms. The Morgan fingerprint density at radius 3 is 1.82 bits per heavy atom.